The Morgan fingerprint density at radius 1 is 0.574 bits per heavy atom. The summed E-state index contributed by atoms with van der Waals surface area (Å²) in [5.41, 5.74) is 0. The van der Waals surface area contributed by atoms with Gasteiger partial charge in [0.1, 0.15) is 42.7 Å². The number of esters is 2. The van der Waals surface area contributed by atoms with E-state index in [9.17, 15) is 19.8 Å². The molecule has 0 aromatic heterocycles. The van der Waals surface area contributed by atoms with Crippen LogP contribution in [-0.2, 0) is 75.9 Å². The Morgan fingerprint density at radius 2 is 1.06 bits per heavy atom. The fourth-order valence-electron chi connectivity index (χ4n) is 8.02. The SMILES string of the molecule is COC1CC(=O)OC(C)C1OC1CC(O)C(OC2CC(OC)C(OC3CC(OC)C(OC4OC(C)C(O)C(OC)C4OC(C)=O)C(C)O3)C(C)O2)C(C)O1. The summed E-state index contributed by atoms with van der Waals surface area (Å²) in [6.07, 6.45) is -13.2. The Hall–Kier alpha value is -1.62. The number of aliphatic hydroxyl groups is 2. The van der Waals surface area contributed by atoms with Crippen LogP contribution >= 0.6 is 0 Å². The molecule has 5 aliphatic heterocycles. The van der Waals surface area contributed by atoms with E-state index in [0.29, 0.717) is 6.42 Å². The van der Waals surface area contributed by atoms with Crippen molar-refractivity contribution in [3.8, 4) is 0 Å². The highest BCUT2D eigenvalue weighted by Crippen LogP contribution is 2.36. The standard InChI is InChI=1S/C36H60O18/c1-15-29(40)34(44-10)35(50-20(6)37)36(49-15)54-33-19(5)48-28(14-24(33)43-9)53-32-18(4)47-27(13-23(32)42-8)51-30-16(2)46-26(11-21(30)38)52-31-17(3)45-25(39)12-22(31)41-7/h15-19,21-24,26-36,38,40H,11-14H2,1-10H3. The van der Waals surface area contributed by atoms with Crippen LogP contribution in [0, 0.1) is 0 Å². The highest BCUT2D eigenvalue weighted by atomic mass is 16.8. The molecule has 0 saturated carbocycles. The first-order chi connectivity index (χ1) is 25.7. The topological polar surface area (TPSA) is 204 Å². The Labute approximate surface area is 316 Å². The van der Waals surface area contributed by atoms with E-state index < -0.39 is 129 Å². The van der Waals surface area contributed by atoms with Crippen LogP contribution in [0.5, 0.6) is 0 Å². The maximum atomic E-state index is 12.0. The molecule has 5 rings (SSSR count). The third-order valence-corrected chi connectivity index (χ3v) is 10.9. The quantitative estimate of drug-likeness (QED) is 0.247. The second-order valence-corrected chi connectivity index (χ2v) is 14.7. The fraction of sp³-hybridized carbons (Fsp3) is 0.944. The zero-order chi connectivity index (χ0) is 39.4. The lowest BCUT2D eigenvalue weighted by Crippen LogP contribution is -2.62. The van der Waals surface area contributed by atoms with Crippen LogP contribution in [0.3, 0.4) is 0 Å². The lowest BCUT2D eigenvalue weighted by Gasteiger charge is -2.47. The number of methoxy groups -OCH3 is 4. The van der Waals surface area contributed by atoms with Gasteiger partial charge in [-0.2, -0.15) is 0 Å². The molecule has 18 nitrogen and oxygen atoms in total. The van der Waals surface area contributed by atoms with Crippen molar-refractivity contribution in [2.24, 2.45) is 0 Å². The molecule has 5 heterocycles. The minimum atomic E-state index is -1.07. The summed E-state index contributed by atoms with van der Waals surface area (Å²) in [5, 5.41) is 21.8. The maximum Gasteiger partial charge on any atom is 0.308 e. The van der Waals surface area contributed by atoms with Crippen molar-refractivity contribution in [2.45, 2.75) is 190 Å². The van der Waals surface area contributed by atoms with E-state index in [1.165, 1.54) is 21.1 Å². The number of hydrogen-bond acceptors (Lipinski definition) is 18. The van der Waals surface area contributed by atoms with Crippen molar-refractivity contribution < 1.29 is 86.1 Å². The summed E-state index contributed by atoms with van der Waals surface area (Å²) in [7, 11) is 6.07. The molecule has 20 unspecified atom stereocenters. The van der Waals surface area contributed by atoms with E-state index in [4.69, 9.17) is 66.3 Å². The summed E-state index contributed by atoms with van der Waals surface area (Å²) < 4.78 is 83.4. The highest BCUT2D eigenvalue weighted by Gasteiger charge is 2.51. The number of hydrogen-bond donors (Lipinski definition) is 2. The molecule has 0 aliphatic carbocycles. The van der Waals surface area contributed by atoms with Crippen molar-refractivity contribution in [3.63, 3.8) is 0 Å². The molecule has 20 atom stereocenters. The summed E-state index contributed by atoms with van der Waals surface area (Å²) in [6.45, 7) is 10.1. The Bertz CT molecular complexity index is 1200. The van der Waals surface area contributed by atoms with E-state index in [1.54, 1.807) is 35.0 Å². The van der Waals surface area contributed by atoms with Gasteiger partial charge in [0.2, 0.25) is 0 Å². The minimum Gasteiger partial charge on any atom is -0.460 e. The first-order valence-corrected chi connectivity index (χ1v) is 18.7. The lowest BCUT2D eigenvalue weighted by molar-refractivity contribution is -0.356. The third-order valence-electron chi connectivity index (χ3n) is 10.9. The van der Waals surface area contributed by atoms with Crippen molar-refractivity contribution in [1.82, 2.24) is 0 Å². The molecular formula is C36H60O18. The first kappa shape index (κ1) is 43.5. The summed E-state index contributed by atoms with van der Waals surface area (Å²) >= 11 is 0. The Kier molecular flexibility index (Phi) is 15.5. The summed E-state index contributed by atoms with van der Waals surface area (Å²) in [6, 6.07) is 0. The molecule has 5 saturated heterocycles. The monoisotopic (exact) mass is 780 g/mol. The Balaban J connectivity index is 1.15. The first-order valence-electron chi connectivity index (χ1n) is 18.7. The van der Waals surface area contributed by atoms with Crippen molar-refractivity contribution in [3.05, 3.63) is 0 Å². The van der Waals surface area contributed by atoms with Gasteiger partial charge in [-0.05, 0) is 34.6 Å². The van der Waals surface area contributed by atoms with E-state index in [1.807, 2.05) is 13.8 Å². The molecule has 0 aromatic rings. The van der Waals surface area contributed by atoms with Crippen LogP contribution in [-0.4, -0.2) is 173 Å². The molecule has 0 spiro atoms. The van der Waals surface area contributed by atoms with E-state index >= 15 is 0 Å². The molecule has 5 fully saturated rings. The van der Waals surface area contributed by atoms with Gasteiger partial charge in [0, 0.05) is 54.6 Å². The summed E-state index contributed by atoms with van der Waals surface area (Å²) in [5.74, 6) is -0.934. The number of cyclic esters (lactones) is 1. The lowest BCUT2D eigenvalue weighted by atomic mass is 9.97. The van der Waals surface area contributed by atoms with Gasteiger partial charge in [0.25, 0.3) is 0 Å². The van der Waals surface area contributed by atoms with Crippen LogP contribution < -0.4 is 0 Å². The maximum absolute atomic E-state index is 12.0. The van der Waals surface area contributed by atoms with Crippen LogP contribution in [0.15, 0.2) is 0 Å². The second kappa shape index (κ2) is 19.2. The van der Waals surface area contributed by atoms with Crippen LogP contribution in [0.1, 0.15) is 67.2 Å². The van der Waals surface area contributed by atoms with Crippen molar-refractivity contribution in [2.75, 3.05) is 28.4 Å². The zero-order valence-electron chi connectivity index (χ0n) is 32.8. The van der Waals surface area contributed by atoms with Gasteiger partial charge in [0.05, 0.1) is 55.3 Å². The molecular weight excluding hydrogens is 720 g/mol. The summed E-state index contributed by atoms with van der Waals surface area (Å²) in [4.78, 5) is 23.8. The normalized spacial score (nSPS) is 47.5. The minimum absolute atomic E-state index is 0.0647. The highest BCUT2D eigenvalue weighted by molar-refractivity contribution is 5.71. The number of carbonyl (C=O) groups is 2. The molecule has 2 N–H and O–H groups in total. The predicted molar refractivity (Wildman–Crippen MR) is 182 cm³/mol. The number of carbonyl (C=O) groups excluding carboxylic acids is 2. The molecule has 312 valence electrons. The van der Waals surface area contributed by atoms with E-state index in [0.717, 1.165) is 0 Å². The average Bonchev–Trinajstić information content (AvgIpc) is 3.11. The van der Waals surface area contributed by atoms with Crippen LogP contribution in [0.2, 0.25) is 0 Å². The van der Waals surface area contributed by atoms with Crippen molar-refractivity contribution >= 4 is 11.9 Å². The zero-order valence-corrected chi connectivity index (χ0v) is 32.8. The molecule has 0 radical (unpaired) electrons. The van der Waals surface area contributed by atoms with Gasteiger partial charge >= 0.3 is 11.9 Å². The van der Waals surface area contributed by atoms with Gasteiger partial charge in [-0.15, -0.1) is 0 Å². The number of aliphatic hydroxyl groups excluding tert-OH is 2. The Morgan fingerprint density at radius 3 is 1.56 bits per heavy atom. The second-order valence-electron chi connectivity index (χ2n) is 14.7. The van der Waals surface area contributed by atoms with Gasteiger partial charge < -0.3 is 76.5 Å². The molecule has 0 bridgehead atoms. The predicted octanol–water partition coefficient (Wildman–Crippen LogP) is 0.726. The van der Waals surface area contributed by atoms with E-state index in [2.05, 4.69) is 0 Å². The average molecular weight is 781 g/mol. The number of ether oxygens (including phenoxy) is 14. The van der Waals surface area contributed by atoms with Gasteiger partial charge in [-0.3, -0.25) is 9.59 Å². The van der Waals surface area contributed by atoms with Gasteiger partial charge in [-0.1, -0.05) is 0 Å². The molecule has 0 amide bonds. The van der Waals surface area contributed by atoms with Crippen LogP contribution in [0.4, 0.5) is 0 Å². The smallest absolute Gasteiger partial charge is 0.308 e. The van der Waals surface area contributed by atoms with E-state index in [-0.39, 0.29) is 25.2 Å². The van der Waals surface area contributed by atoms with Crippen molar-refractivity contribution in [1.29, 1.82) is 0 Å². The van der Waals surface area contributed by atoms with Gasteiger partial charge in [-0.25, -0.2) is 0 Å². The molecule has 0 aromatic carbocycles. The molecule has 54 heavy (non-hydrogen) atoms. The third kappa shape index (κ3) is 10.1. The van der Waals surface area contributed by atoms with Gasteiger partial charge in [0.15, 0.2) is 31.3 Å². The molecule has 5 aliphatic rings. The number of rotatable bonds is 13. The fourth-order valence-corrected chi connectivity index (χ4v) is 8.02. The molecule has 18 heteroatoms. The van der Waals surface area contributed by atoms with Crippen LogP contribution in [0.25, 0.3) is 0 Å². The largest absolute Gasteiger partial charge is 0.460 e.